The van der Waals surface area contributed by atoms with Gasteiger partial charge in [-0.3, -0.25) is 0 Å². The van der Waals surface area contributed by atoms with E-state index in [-0.39, 0.29) is 0 Å². The molecule has 5 heteroatoms. The molecule has 0 radical (unpaired) electrons. The Morgan fingerprint density at radius 3 is 2.60 bits per heavy atom. The number of rotatable bonds is 2. The van der Waals surface area contributed by atoms with Crippen LogP contribution in [0.5, 0.6) is 0 Å². The van der Waals surface area contributed by atoms with E-state index in [2.05, 4.69) is 15.1 Å². The Morgan fingerprint density at radius 2 is 2.00 bits per heavy atom. The van der Waals surface area contributed by atoms with E-state index in [0.29, 0.717) is 5.95 Å². The van der Waals surface area contributed by atoms with E-state index in [1.54, 1.807) is 16.4 Å². The van der Waals surface area contributed by atoms with Crippen LogP contribution in [0.25, 0.3) is 5.95 Å². The zero-order valence-electron chi connectivity index (χ0n) is 8.93. The molecule has 0 bridgehead atoms. The summed E-state index contributed by atoms with van der Waals surface area (Å²) >= 11 is 1.61. The molecule has 2 heterocycles. The van der Waals surface area contributed by atoms with Gasteiger partial charge in [-0.05, 0) is 32.2 Å². The molecular weight excluding hydrogens is 208 g/mol. The summed E-state index contributed by atoms with van der Waals surface area (Å²) in [5, 5.41) is 5.24. The fourth-order valence-corrected chi connectivity index (χ4v) is 1.72. The summed E-state index contributed by atoms with van der Waals surface area (Å²) in [4.78, 5) is 8.73. The van der Waals surface area contributed by atoms with Crippen molar-refractivity contribution in [2.75, 3.05) is 6.26 Å². The van der Waals surface area contributed by atoms with Crippen LogP contribution in [0, 0.1) is 13.8 Å². The molecule has 0 unspecified atom stereocenters. The Kier molecular flexibility index (Phi) is 2.73. The molecule has 15 heavy (non-hydrogen) atoms. The van der Waals surface area contributed by atoms with Gasteiger partial charge >= 0.3 is 0 Å². The van der Waals surface area contributed by atoms with Crippen molar-refractivity contribution in [1.29, 1.82) is 0 Å². The summed E-state index contributed by atoms with van der Waals surface area (Å²) in [7, 11) is 0. The molecule has 0 amide bonds. The van der Waals surface area contributed by atoms with Gasteiger partial charge in [0.15, 0.2) is 0 Å². The molecule has 0 aliphatic carbocycles. The Bertz CT molecular complexity index is 478. The minimum Gasteiger partial charge on any atom is -0.216 e. The smallest absolute Gasteiger partial charge is 0.216 e. The summed E-state index contributed by atoms with van der Waals surface area (Å²) in [5.74, 6) is 0.632. The minimum absolute atomic E-state index is 0.632. The fraction of sp³-hybridized carbons (Fsp3) is 0.300. The molecule has 4 nitrogen and oxygen atoms in total. The van der Waals surface area contributed by atoms with Crippen LogP contribution in [0.15, 0.2) is 23.4 Å². The molecule has 0 aromatic carbocycles. The maximum Gasteiger partial charge on any atom is 0.251 e. The molecule has 0 saturated heterocycles. The second kappa shape index (κ2) is 4.02. The average Bonchev–Trinajstić information content (AvgIpc) is 2.64. The van der Waals surface area contributed by atoms with Gasteiger partial charge in [0.25, 0.3) is 5.95 Å². The molecule has 0 saturated carbocycles. The summed E-state index contributed by atoms with van der Waals surface area (Å²) in [5.41, 5.74) is 1.92. The van der Waals surface area contributed by atoms with Gasteiger partial charge in [0.2, 0.25) is 0 Å². The van der Waals surface area contributed by atoms with Crippen molar-refractivity contribution in [1.82, 2.24) is 19.7 Å². The van der Waals surface area contributed by atoms with Crippen LogP contribution in [0.3, 0.4) is 0 Å². The lowest BCUT2D eigenvalue weighted by molar-refractivity contribution is 0.773. The fourth-order valence-electron chi connectivity index (χ4n) is 1.26. The van der Waals surface area contributed by atoms with Crippen LogP contribution in [-0.2, 0) is 0 Å². The van der Waals surface area contributed by atoms with E-state index >= 15 is 0 Å². The molecule has 0 atom stereocenters. The van der Waals surface area contributed by atoms with Crippen molar-refractivity contribution in [3.8, 4) is 5.95 Å². The number of aryl methyl sites for hydroxylation is 2. The van der Waals surface area contributed by atoms with E-state index in [0.717, 1.165) is 16.4 Å². The van der Waals surface area contributed by atoms with Crippen LogP contribution < -0.4 is 0 Å². The summed E-state index contributed by atoms with van der Waals surface area (Å²) in [6, 6.07) is 3.90. The van der Waals surface area contributed by atoms with E-state index < -0.39 is 0 Å². The van der Waals surface area contributed by atoms with E-state index in [1.807, 2.05) is 38.4 Å². The van der Waals surface area contributed by atoms with Gasteiger partial charge in [0.05, 0.1) is 5.69 Å². The SMILES string of the molecule is CSc1cc(C)nc(-n2ccc(C)n2)n1. The van der Waals surface area contributed by atoms with Gasteiger partial charge in [0, 0.05) is 11.9 Å². The third-order valence-corrected chi connectivity index (χ3v) is 2.58. The molecule has 2 aromatic heterocycles. The van der Waals surface area contributed by atoms with Gasteiger partial charge < -0.3 is 0 Å². The molecule has 78 valence electrons. The van der Waals surface area contributed by atoms with Crippen molar-refractivity contribution < 1.29 is 0 Å². The van der Waals surface area contributed by atoms with Crippen molar-refractivity contribution in [2.45, 2.75) is 18.9 Å². The lowest BCUT2D eigenvalue weighted by Gasteiger charge is -2.03. The van der Waals surface area contributed by atoms with Crippen molar-refractivity contribution in [3.05, 3.63) is 29.7 Å². The first-order chi connectivity index (χ1) is 7.19. The van der Waals surface area contributed by atoms with Crippen LogP contribution >= 0.6 is 11.8 Å². The Balaban J connectivity index is 2.48. The first-order valence-corrected chi connectivity index (χ1v) is 5.84. The number of hydrogen-bond donors (Lipinski definition) is 0. The molecule has 0 fully saturated rings. The van der Waals surface area contributed by atoms with Gasteiger partial charge in [-0.1, -0.05) is 0 Å². The molecule has 0 aliphatic rings. The Hall–Kier alpha value is -1.36. The largest absolute Gasteiger partial charge is 0.251 e. The van der Waals surface area contributed by atoms with Gasteiger partial charge in [-0.15, -0.1) is 11.8 Å². The lowest BCUT2D eigenvalue weighted by atomic mass is 10.5. The number of thioether (sulfide) groups is 1. The molecule has 2 rings (SSSR count). The predicted octanol–water partition coefficient (Wildman–Crippen LogP) is 2.00. The first kappa shape index (κ1) is 10.2. The Morgan fingerprint density at radius 1 is 1.20 bits per heavy atom. The topological polar surface area (TPSA) is 43.6 Å². The van der Waals surface area contributed by atoms with Crippen LogP contribution in [-0.4, -0.2) is 26.0 Å². The van der Waals surface area contributed by atoms with Crippen LogP contribution in [0.2, 0.25) is 0 Å². The molecular formula is C10H12N4S. The third kappa shape index (κ3) is 2.18. The van der Waals surface area contributed by atoms with Crippen molar-refractivity contribution in [3.63, 3.8) is 0 Å². The van der Waals surface area contributed by atoms with Crippen LogP contribution in [0.1, 0.15) is 11.4 Å². The normalized spacial score (nSPS) is 10.6. The highest BCUT2D eigenvalue weighted by atomic mass is 32.2. The standard InChI is InChI=1S/C10H12N4S/c1-7-4-5-14(13-7)10-11-8(2)6-9(12-10)15-3/h4-6H,1-3H3. The number of nitrogens with zero attached hydrogens (tertiary/aromatic N) is 4. The minimum atomic E-state index is 0.632. The quantitative estimate of drug-likeness (QED) is 0.573. The van der Waals surface area contributed by atoms with E-state index in [9.17, 15) is 0 Å². The molecule has 2 aromatic rings. The summed E-state index contributed by atoms with van der Waals surface area (Å²) in [6.45, 7) is 3.91. The molecule has 0 spiro atoms. The van der Waals surface area contributed by atoms with Gasteiger partial charge in [-0.2, -0.15) is 5.10 Å². The maximum absolute atomic E-state index is 4.39. The highest BCUT2D eigenvalue weighted by Crippen LogP contribution is 2.14. The predicted molar refractivity (Wildman–Crippen MR) is 60.4 cm³/mol. The zero-order chi connectivity index (χ0) is 10.8. The highest BCUT2D eigenvalue weighted by Gasteiger charge is 2.04. The van der Waals surface area contributed by atoms with E-state index in [1.165, 1.54) is 0 Å². The summed E-state index contributed by atoms with van der Waals surface area (Å²) in [6.07, 6.45) is 3.87. The second-order valence-electron chi connectivity index (χ2n) is 3.25. The van der Waals surface area contributed by atoms with E-state index in [4.69, 9.17) is 0 Å². The number of hydrogen-bond acceptors (Lipinski definition) is 4. The molecule has 0 N–H and O–H groups in total. The number of aromatic nitrogens is 4. The van der Waals surface area contributed by atoms with Crippen molar-refractivity contribution in [2.24, 2.45) is 0 Å². The second-order valence-corrected chi connectivity index (χ2v) is 4.08. The Labute approximate surface area is 92.8 Å². The monoisotopic (exact) mass is 220 g/mol. The first-order valence-electron chi connectivity index (χ1n) is 4.61. The van der Waals surface area contributed by atoms with Crippen molar-refractivity contribution >= 4 is 11.8 Å². The third-order valence-electron chi connectivity index (χ3n) is 1.96. The lowest BCUT2D eigenvalue weighted by Crippen LogP contribution is -2.03. The van der Waals surface area contributed by atoms with Crippen LogP contribution in [0.4, 0.5) is 0 Å². The zero-order valence-corrected chi connectivity index (χ0v) is 9.75. The highest BCUT2D eigenvalue weighted by molar-refractivity contribution is 7.98. The van der Waals surface area contributed by atoms with Gasteiger partial charge in [-0.25, -0.2) is 14.6 Å². The maximum atomic E-state index is 4.39. The average molecular weight is 220 g/mol. The molecule has 0 aliphatic heterocycles. The van der Waals surface area contributed by atoms with Gasteiger partial charge in [0.1, 0.15) is 5.03 Å². The summed E-state index contributed by atoms with van der Waals surface area (Å²) < 4.78 is 1.70.